The van der Waals surface area contributed by atoms with Crippen LogP contribution in [-0.2, 0) is 4.79 Å². The molecule has 0 bridgehead atoms. The number of carbonyl (C=O) groups is 1. The van der Waals surface area contributed by atoms with Crippen molar-refractivity contribution in [3.8, 4) is 0 Å². The number of allylic oxidation sites excluding steroid dienone is 3. The fourth-order valence-electron chi connectivity index (χ4n) is 2.14. The van der Waals surface area contributed by atoms with E-state index in [1.54, 1.807) is 13.8 Å². The number of rotatable bonds is 4. The Morgan fingerprint density at radius 3 is 2.56 bits per heavy atom. The first-order valence-electron chi connectivity index (χ1n) is 5.72. The van der Waals surface area contributed by atoms with Crippen LogP contribution in [0, 0.1) is 5.92 Å². The number of hydrogen-bond donors (Lipinski definition) is 2. The Kier molecular flexibility index (Phi) is 4.44. The summed E-state index contributed by atoms with van der Waals surface area (Å²) in [5, 5.41) is 19.8. The van der Waals surface area contributed by atoms with Crippen LogP contribution in [-0.4, -0.2) is 28.2 Å². The van der Waals surface area contributed by atoms with Crippen LogP contribution < -0.4 is 0 Å². The van der Waals surface area contributed by atoms with Gasteiger partial charge in [-0.1, -0.05) is 19.1 Å². The minimum Gasteiger partial charge on any atom is -0.389 e. The second-order valence-electron chi connectivity index (χ2n) is 4.34. The van der Waals surface area contributed by atoms with E-state index in [0.717, 1.165) is 6.42 Å². The minimum absolute atomic E-state index is 0.0485. The lowest BCUT2D eigenvalue weighted by molar-refractivity contribution is -0.119. The molecule has 0 saturated heterocycles. The summed E-state index contributed by atoms with van der Waals surface area (Å²) in [6, 6.07) is 0. The summed E-state index contributed by atoms with van der Waals surface area (Å²) in [5.41, 5.74) is 1.05. The highest BCUT2D eigenvalue weighted by Crippen LogP contribution is 2.31. The third kappa shape index (κ3) is 2.42. The van der Waals surface area contributed by atoms with E-state index in [4.69, 9.17) is 0 Å². The van der Waals surface area contributed by atoms with Crippen LogP contribution in [0.15, 0.2) is 23.3 Å². The van der Waals surface area contributed by atoms with E-state index in [1.165, 1.54) is 0 Å². The Morgan fingerprint density at radius 2 is 2.12 bits per heavy atom. The zero-order valence-electron chi connectivity index (χ0n) is 10.1. The van der Waals surface area contributed by atoms with Crippen LogP contribution in [0.2, 0.25) is 0 Å². The molecule has 1 aliphatic carbocycles. The van der Waals surface area contributed by atoms with Gasteiger partial charge in [0.05, 0.1) is 12.2 Å². The summed E-state index contributed by atoms with van der Waals surface area (Å²) >= 11 is 0. The number of aliphatic hydroxyl groups is 2. The largest absolute Gasteiger partial charge is 0.389 e. The van der Waals surface area contributed by atoms with E-state index in [9.17, 15) is 15.0 Å². The summed E-state index contributed by atoms with van der Waals surface area (Å²) in [6.07, 6.45) is 3.67. The van der Waals surface area contributed by atoms with Gasteiger partial charge in [0.15, 0.2) is 5.78 Å². The molecule has 1 aliphatic rings. The molecule has 0 radical (unpaired) electrons. The maximum Gasteiger partial charge on any atom is 0.164 e. The van der Waals surface area contributed by atoms with E-state index in [1.807, 2.05) is 19.1 Å². The quantitative estimate of drug-likeness (QED) is 0.713. The third-order valence-electron chi connectivity index (χ3n) is 3.21. The average Bonchev–Trinajstić information content (AvgIpc) is 2.44. The Labute approximate surface area is 96.5 Å². The average molecular weight is 224 g/mol. The summed E-state index contributed by atoms with van der Waals surface area (Å²) in [6.45, 7) is 5.30. The highest BCUT2D eigenvalue weighted by atomic mass is 16.3. The molecule has 16 heavy (non-hydrogen) atoms. The number of carbonyl (C=O) groups excluding carboxylic acids is 1. The van der Waals surface area contributed by atoms with Crippen molar-refractivity contribution in [2.45, 2.75) is 45.8 Å². The monoisotopic (exact) mass is 224 g/mol. The molecular weight excluding hydrogens is 204 g/mol. The fraction of sp³-hybridized carbons (Fsp3) is 0.615. The first kappa shape index (κ1) is 13.1. The van der Waals surface area contributed by atoms with Crippen molar-refractivity contribution in [3.63, 3.8) is 0 Å². The van der Waals surface area contributed by atoms with Gasteiger partial charge < -0.3 is 10.2 Å². The van der Waals surface area contributed by atoms with Crippen molar-refractivity contribution in [3.05, 3.63) is 23.3 Å². The number of aliphatic hydroxyl groups excluding tert-OH is 2. The van der Waals surface area contributed by atoms with Gasteiger partial charge in [0.2, 0.25) is 0 Å². The van der Waals surface area contributed by atoms with Crippen molar-refractivity contribution in [2.75, 3.05) is 0 Å². The maximum absolute atomic E-state index is 11.6. The maximum atomic E-state index is 11.6. The molecule has 0 saturated carbocycles. The zero-order chi connectivity index (χ0) is 12.3. The minimum atomic E-state index is -0.812. The van der Waals surface area contributed by atoms with Gasteiger partial charge >= 0.3 is 0 Å². The fourth-order valence-corrected chi connectivity index (χ4v) is 2.14. The van der Waals surface area contributed by atoms with Gasteiger partial charge in [0.25, 0.3) is 0 Å². The Hall–Kier alpha value is -0.930. The molecule has 0 fully saturated rings. The molecule has 3 nitrogen and oxygen atoms in total. The van der Waals surface area contributed by atoms with E-state index < -0.39 is 18.1 Å². The van der Waals surface area contributed by atoms with Gasteiger partial charge in [-0.15, -0.1) is 0 Å². The van der Waals surface area contributed by atoms with E-state index >= 15 is 0 Å². The summed E-state index contributed by atoms with van der Waals surface area (Å²) in [4.78, 5) is 11.6. The van der Waals surface area contributed by atoms with Crippen LogP contribution in [0.4, 0.5) is 0 Å². The molecule has 0 spiro atoms. The van der Waals surface area contributed by atoms with Gasteiger partial charge in [-0.2, -0.15) is 0 Å². The molecule has 0 aromatic carbocycles. The SMILES string of the molecule is CC=CCC[C@@H](O)C1=C(C)C(=O)[C@H](C)[C@H]1O. The summed E-state index contributed by atoms with van der Waals surface area (Å²) < 4.78 is 0. The Balaban J connectivity index is 2.75. The van der Waals surface area contributed by atoms with Crippen LogP contribution in [0.25, 0.3) is 0 Å². The molecule has 0 heterocycles. The van der Waals surface area contributed by atoms with Crippen LogP contribution >= 0.6 is 0 Å². The van der Waals surface area contributed by atoms with Crippen LogP contribution in [0.5, 0.6) is 0 Å². The highest BCUT2D eigenvalue weighted by molar-refractivity contribution is 6.01. The molecule has 0 amide bonds. The van der Waals surface area contributed by atoms with Crippen molar-refractivity contribution in [1.29, 1.82) is 0 Å². The first-order valence-corrected chi connectivity index (χ1v) is 5.72. The number of Topliss-reactive ketones (excluding diaryl/α,β-unsaturated/α-hetero) is 1. The summed E-state index contributed by atoms with van der Waals surface area (Å²) in [5.74, 6) is -0.459. The van der Waals surface area contributed by atoms with Gasteiger partial charge in [-0.25, -0.2) is 0 Å². The lowest BCUT2D eigenvalue weighted by Gasteiger charge is -2.17. The standard InChI is InChI=1S/C13H20O3/c1-4-5-6-7-10(14)11-8(2)12(15)9(3)13(11)16/h4-5,9-10,13-14,16H,6-7H2,1-3H3/t9-,10+,13+/m0/s1. The molecule has 2 N–H and O–H groups in total. The predicted octanol–water partition coefficient (Wildman–Crippen LogP) is 1.60. The molecule has 0 aliphatic heterocycles. The molecule has 0 aromatic rings. The predicted molar refractivity (Wildman–Crippen MR) is 62.9 cm³/mol. The Morgan fingerprint density at radius 1 is 1.50 bits per heavy atom. The summed E-state index contributed by atoms with van der Waals surface area (Å²) in [7, 11) is 0. The second kappa shape index (κ2) is 5.41. The Bertz CT molecular complexity index is 328. The molecule has 3 atom stereocenters. The molecule has 90 valence electrons. The highest BCUT2D eigenvalue weighted by Gasteiger charge is 2.38. The van der Waals surface area contributed by atoms with Gasteiger partial charge in [0.1, 0.15) is 0 Å². The van der Waals surface area contributed by atoms with E-state index in [-0.39, 0.29) is 5.78 Å². The van der Waals surface area contributed by atoms with Crippen LogP contribution in [0.3, 0.4) is 0 Å². The van der Waals surface area contributed by atoms with Crippen molar-refractivity contribution >= 4 is 5.78 Å². The number of ketones is 1. The van der Waals surface area contributed by atoms with Gasteiger partial charge in [0, 0.05) is 5.92 Å². The molecule has 3 heteroatoms. The smallest absolute Gasteiger partial charge is 0.164 e. The second-order valence-corrected chi connectivity index (χ2v) is 4.34. The van der Waals surface area contributed by atoms with E-state index in [2.05, 4.69) is 0 Å². The van der Waals surface area contributed by atoms with E-state index in [0.29, 0.717) is 17.6 Å². The van der Waals surface area contributed by atoms with Crippen molar-refractivity contribution in [2.24, 2.45) is 5.92 Å². The molecule has 1 rings (SSSR count). The van der Waals surface area contributed by atoms with Crippen LogP contribution in [0.1, 0.15) is 33.6 Å². The van der Waals surface area contributed by atoms with Crippen molar-refractivity contribution < 1.29 is 15.0 Å². The lowest BCUT2D eigenvalue weighted by atomic mass is 9.97. The topological polar surface area (TPSA) is 57.5 Å². The first-order chi connectivity index (χ1) is 7.50. The normalized spacial score (nSPS) is 28.2. The van der Waals surface area contributed by atoms with Crippen molar-refractivity contribution in [1.82, 2.24) is 0 Å². The van der Waals surface area contributed by atoms with Gasteiger partial charge in [-0.3, -0.25) is 4.79 Å². The lowest BCUT2D eigenvalue weighted by Crippen LogP contribution is -2.24. The van der Waals surface area contributed by atoms with Gasteiger partial charge in [-0.05, 0) is 37.8 Å². The number of hydrogen-bond acceptors (Lipinski definition) is 3. The third-order valence-corrected chi connectivity index (χ3v) is 3.21. The molecule has 0 unspecified atom stereocenters. The zero-order valence-corrected chi connectivity index (χ0v) is 10.1. The molecule has 0 aromatic heterocycles. The molecular formula is C13H20O3.